The third-order valence-corrected chi connectivity index (χ3v) is 7.87. The summed E-state index contributed by atoms with van der Waals surface area (Å²) in [5.41, 5.74) is 5.03. The lowest BCUT2D eigenvalue weighted by molar-refractivity contribution is -0.140. The second-order valence-electron chi connectivity index (χ2n) is 8.77. The molecule has 4 rings (SSSR count). The molecule has 3 heterocycles. The van der Waals surface area contributed by atoms with E-state index in [4.69, 9.17) is 0 Å². The molecule has 3 aromatic rings. The molecule has 0 radical (unpaired) electrons. The van der Waals surface area contributed by atoms with Crippen molar-refractivity contribution < 1.29 is 9.59 Å². The molecule has 0 spiro atoms. The quantitative estimate of drug-likeness (QED) is 0.541. The molecule has 1 fully saturated rings. The average molecular weight is 484 g/mol. The van der Waals surface area contributed by atoms with Gasteiger partial charge in [0.15, 0.2) is 0 Å². The zero-order chi connectivity index (χ0) is 23.5. The van der Waals surface area contributed by atoms with Gasteiger partial charge < -0.3 is 10.2 Å². The van der Waals surface area contributed by atoms with Crippen molar-refractivity contribution in [2.24, 2.45) is 5.92 Å². The van der Waals surface area contributed by atoms with Crippen LogP contribution in [0.25, 0.3) is 10.4 Å². The van der Waals surface area contributed by atoms with E-state index in [1.165, 1.54) is 11.5 Å². The summed E-state index contributed by atoms with van der Waals surface area (Å²) in [5, 5.41) is 3.77. The number of aryl methyl sites for hydroxylation is 2. The van der Waals surface area contributed by atoms with Crippen LogP contribution in [0.2, 0.25) is 0 Å². The summed E-state index contributed by atoms with van der Waals surface area (Å²) < 4.78 is 4.25. The smallest absolute Gasteiger partial charge is 0.243 e. The molecule has 2 amide bonds. The van der Waals surface area contributed by atoms with Gasteiger partial charge in [-0.1, -0.05) is 38.1 Å². The minimum atomic E-state index is -0.438. The number of hydrogen-bond donors (Lipinski definition) is 1. The fourth-order valence-electron chi connectivity index (χ4n) is 4.26. The molecule has 7 nitrogen and oxygen atoms in total. The van der Waals surface area contributed by atoms with E-state index in [0.717, 1.165) is 33.1 Å². The van der Waals surface area contributed by atoms with E-state index in [1.54, 1.807) is 16.2 Å². The molecule has 1 N–H and O–H groups in total. The first-order chi connectivity index (χ1) is 15.8. The molecule has 1 aliphatic heterocycles. The molecule has 174 valence electrons. The molecule has 2 unspecified atom stereocenters. The van der Waals surface area contributed by atoms with Crippen molar-refractivity contribution >= 4 is 34.7 Å². The van der Waals surface area contributed by atoms with Crippen LogP contribution in [-0.2, 0) is 16.1 Å². The van der Waals surface area contributed by atoms with Gasteiger partial charge in [0.1, 0.15) is 16.9 Å². The number of hydrogen-bond acceptors (Lipinski definition) is 7. The lowest BCUT2D eigenvalue weighted by atomic mass is 9.94. The largest absolute Gasteiger partial charge is 0.350 e. The molecule has 0 saturated carbocycles. The number of thiazole rings is 1. The Morgan fingerprint density at radius 2 is 1.97 bits per heavy atom. The third-order valence-electron chi connectivity index (χ3n) is 6.01. The van der Waals surface area contributed by atoms with Gasteiger partial charge >= 0.3 is 0 Å². The Kier molecular flexibility index (Phi) is 7.19. The van der Waals surface area contributed by atoms with Crippen molar-refractivity contribution in [3.8, 4) is 10.4 Å². The highest BCUT2D eigenvalue weighted by Crippen LogP contribution is 2.31. The number of carbonyl (C=O) groups excluding carboxylic acids is 2. The predicted molar refractivity (Wildman–Crippen MR) is 131 cm³/mol. The van der Waals surface area contributed by atoms with Crippen LogP contribution in [0.3, 0.4) is 0 Å². The molecule has 0 bridgehead atoms. The third kappa shape index (κ3) is 5.14. The molecular weight excluding hydrogens is 454 g/mol. The zero-order valence-corrected chi connectivity index (χ0v) is 21.0. The first kappa shape index (κ1) is 23.5. The van der Waals surface area contributed by atoms with Crippen LogP contribution in [0.15, 0.2) is 29.8 Å². The molecule has 2 aromatic heterocycles. The minimum Gasteiger partial charge on any atom is -0.350 e. The van der Waals surface area contributed by atoms with Crippen molar-refractivity contribution in [1.82, 2.24) is 24.6 Å². The van der Waals surface area contributed by atoms with E-state index < -0.39 is 6.04 Å². The molecule has 0 aliphatic carbocycles. The Balaban J connectivity index is 1.40. The Morgan fingerprint density at radius 1 is 1.21 bits per heavy atom. The summed E-state index contributed by atoms with van der Waals surface area (Å²) in [6.45, 7) is 8.90. The van der Waals surface area contributed by atoms with Gasteiger partial charge in [0, 0.05) is 13.1 Å². The van der Waals surface area contributed by atoms with Gasteiger partial charge in [-0.25, -0.2) is 9.97 Å². The second-order valence-corrected chi connectivity index (χ2v) is 10.4. The summed E-state index contributed by atoms with van der Waals surface area (Å²) in [6, 6.07) is 7.74. The average Bonchev–Trinajstić information content (AvgIpc) is 3.53. The number of carbonyl (C=O) groups is 2. The maximum absolute atomic E-state index is 13.4. The van der Waals surface area contributed by atoms with Gasteiger partial charge in [0.2, 0.25) is 11.8 Å². The van der Waals surface area contributed by atoms with E-state index in [9.17, 15) is 9.59 Å². The molecule has 9 heteroatoms. The standard InChI is InChI=1S/C24H29N5O2S2/c1-14(2)20(23-27-16(4)28-33-23)24(31)29-11-5-6-19(29)22(30)25-12-17-7-9-18(10-8-17)21-15(3)26-13-32-21/h7-10,13-14,19-20H,5-6,11-12H2,1-4H3,(H,25,30). The highest BCUT2D eigenvalue weighted by Gasteiger charge is 2.39. The monoisotopic (exact) mass is 483 g/mol. The number of benzene rings is 1. The van der Waals surface area contributed by atoms with Crippen LogP contribution in [0.1, 0.15) is 54.7 Å². The van der Waals surface area contributed by atoms with Gasteiger partial charge in [-0.05, 0) is 55.3 Å². The Bertz CT molecular complexity index is 1120. The Labute approximate surface area is 202 Å². The maximum Gasteiger partial charge on any atom is 0.243 e. The number of nitrogens with zero attached hydrogens (tertiary/aromatic N) is 4. The highest BCUT2D eigenvalue weighted by atomic mass is 32.1. The second kappa shape index (κ2) is 10.1. The molecule has 1 saturated heterocycles. The highest BCUT2D eigenvalue weighted by molar-refractivity contribution is 7.13. The van der Waals surface area contributed by atoms with Crippen LogP contribution in [0, 0.1) is 19.8 Å². The SMILES string of the molecule is Cc1nsc(C(C(=O)N2CCCC2C(=O)NCc2ccc(-c3scnc3C)cc2)C(C)C)n1. The summed E-state index contributed by atoms with van der Waals surface area (Å²) >= 11 is 2.90. The molecule has 2 atom stereocenters. The van der Waals surface area contributed by atoms with Gasteiger partial charge in [0.25, 0.3) is 0 Å². The fourth-order valence-corrected chi connectivity index (χ4v) is 5.99. The van der Waals surface area contributed by atoms with Crippen molar-refractivity contribution in [3.05, 3.63) is 51.9 Å². The van der Waals surface area contributed by atoms with E-state index in [1.807, 2.05) is 45.3 Å². The molecule has 1 aliphatic rings. The van der Waals surface area contributed by atoms with Gasteiger partial charge in [-0.15, -0.1) is 11.3 Å². The summed E-state index contributed by atoms with van der Waals surface area (Å²) in [7, 11) is 0. The Morgan fingerprint density at radius 3 is 2.58 bits per heavy atom. The van der Waals surface area contributed by atoms with E-state index >= 15 is 0 Å². The summed E-state index contributed by atoms with van der Waals surface area (Å²) in [6.07, 6.45) is 1.51. The summed E-state index contributed by atoms with van der Waals surface area (Å²) in [5.74, 6) is 0.269. The van der Waals surface area contributed by atoms with Crippen molar-refractivity contribution in [3.63, 3.8) is 0 Å². The van der Waals surface area contributed by atoms with E-state index in [0.29, 0.717) is 25.3 Å². The topological polar surface area (TPSA) is 88.1 Å². The normalized spacial score (nSPS) is 16.9. The lowest BCUT2D eigenvalue weighted by Crippen LogP contribution is -2.47. The number of rotatable bonds is 7. The summed E-state index contributed by atoms with van der Waals surface area (Å²) in [4.78, 5) is 38.1. The van der Waals surface area contributed by atoms with Crippen LogP contribution in [-0.4, -0.2) is 43.6 Å². The van der Waals surface area contributed by atoms with Crippen LogP contribution >= 0.6 is 22.9 Å². The van der Waals surface area contributed by atoms with Crippen molar-refractivity contribution in [2.75, 3.05) is 6.54 Å². The van der Waals surface area contributed by atoms with Crippen LogP contribution in [0.5, 0.6) is 0 Å². The first-order valence-corrected chi connectivity index (χ1v) is 12.9. The predicted octanol–water partition coefficient (Wildman–Crippen LogP) is 4.33. The number of nitrogens with one attached hydrogen (secondary N) is 1. The minimum absolute atomic E-state index is 0.0249. The maximum atomic E-state index is 13.4. The first-order valence-electron chi connectivity index (χ1n) is 11.2. The van der Waals surface area contributed by atoms with E-state index in [-0.39, 0.29) is 23.7 Å². The van der Waals surface area contributed by atoms with E-state index in [2.05, 4.69) is 31.8 Å². The fraction of sp³-hybridized carbons (Fsp3) is 0.458. The van der Waals surface area contributed by atoms with Gasteiger partial charge in [0.05, 0.1) is 22.0 Å². The molecular formula is C24H29N5O2S2. The van der Waals surface area contributed by atoms with Crippen LogP contribution < -0.4 is 5.32 Å². The van der Waals surface area contributed by atoms with Crippen LogP contribution in [0.4, 0.5) is 0 Å². The van der Waals surface area contributed by atoms with Crippen molar-refractivity contribution in [1.29, 1.82) is 0 Å². The number of likely N-dealkylation sites (tertiary alicyclic amines) is 1. The zero-order valence-electron chi connectivity index (χ0n) is 19.4. The van der Waals surface area contributed by atoms with Gasteiger partial charge in [-0.3, -0.25) is 9.59 Å². The lowest BCUT2D eigenvalue weighted by Gasteiger charge is -2.29. The number of aromatic nitrogens is 3. The van der Waals surface area contributed by atoms with Crippen molar-refractivity contribution in [2.45, 2.75) is 59.0 Å². The number of amides is 2. The molecule has 33 heavy (non-hydrogen) atoms. The Hall–Kier alpha value is -2.65. The van der Waals surface area contributed by atoms with Gasteiger partial charge in [-0.2, -0.15) is 4.37 Å². The molecule has 1 aromatic carbocycles.